The number of aliphatic hydroxyl groups is 1. The van der Waals surface area contributed by atoms with Crippen molar-refractivity contribution >= 4 is 5.82 Å². The minimum atomic E-state index is -0.406. The van der Waals surface area contributed by atoms with Crippen molar-refractivity contribution in [2.45, 2.75) is 33.8 Å². The van der Waals surface area contributed by atoms with E-state index in [2.05, 4.69) is 28.6 Å². The average molecular weight is 283 g/mol. The van der Waals surface area contributed by atoms with Gasteiger partial charge in [-0.15, -0.1) is 0 Å². The Hall–Kier alpha value is -1.20. The van der Waals surface area contributed by atoms with Crippen molar-refractivity contribution in [3.05, 3.63) is 23.6 Å². The van der Waals surface area contributed by atoms with Gasteiger partial charge in [0.25, 0.3) is 0 Å². The van der Waals surface area contributed by atoms with E-state index >= 15 is 0 Å². The fraction of sp³-hybridized carbons (Fsp3) is 0.667. The summed E-state index contributed by atoms with van der Waals surface area (Å²) >= 11 is 0. The third kappa shape index (κ3) is 4.72. The normalized spacial score (nSPS) is 11.1. The molecule has 0 aliphatic heterocycles. The second-order valence-corrected chi connectivity index (χ2v) is 4.75. The lowest BCUT2D eigenvalue weighted by molar-refractivity contribution is 0.280. The van der Waals surface area contributed by atoms with Crippen LogP contribution in [0.25, 0.3) is 0 Å². The molecule has 0 aliphatic rings. The van der Waals surface area contributed by atoms with E-state index in [0.717, 1.165) is 39.1 Å². The van der Waals surface area contributed by atoms with Crippen LogP contribution in [0.2, 0.25) is 0 Å². The highest BCUT2D eigenvalue weighted by atomic mass is 19.1. The van der Waals surface area contributed by atoms with Gasteiger partial charge in [0.1, 0.15) is 11.6 Å². The largest absolute Gasteiger partial charge is 0.392 e. The van der Waals surface area contributed by atoms with E-state index in [-0.39, 0.29) is 6.61 Å². The minimum absolute atomic E-state index is 0.188. The zero-order valence-electron chi connectivity index (χ0n) is 12.8. The van der Waals surface area contributed by atoms with E-state index < -0.39 is 5.82 Å². The number of anilines is 1. The standard InChI is InChI=1S/C15H26FN3O/c1-4-18(5-2)8-7-9-19(6-3)15-13(12-20)10-14(16)11-17-15/h10-11,20H,4-9,12H2,1-3H3. The van der Waals surface area contributed by atoms with Crippen LogP contribution >= 0.6 is 0 Å². The van der Waals surface area contributed by atoms with Gasteiger partial charge in [-0.2, -0.15) is 0 Å². The summed E-state index contributed by atoms with van der Waals surface area (Å²) in [7, 11) is 0. The Morgan fingerprint density at radius 2 is 1.85 bits per heavy atom. The molecular formula is C15H26FN3O. The number of hydrogen-bond acceptors (Lipinski definition) is 4. The van der Waals surface area contributed by atoms with E-state index in [9.17, 15) is 9.50 Å². The van der Waals surface area contributed by atoms with Gasteiger partial charge in [-0.1, -0.05) is 13.8 Å². The molecule has 0 spiro atoms. The van der Waals surface area contributed by atoms with Crippen molar-refractivity contribution in [3.8, 4) is 0 Å². The number of rotatable bonds is 9. The first kappa shape index (κ1) is 16.9. The number of aromatic nitrogens is 1. The molecule has 5 heteroatoms. The van der Waals surface area contributed by atoms with Gasteiger partial charge in [-0.3, -0.25) is 0 Å². The van der Waals surface area contributed by atoms with Gasteiger partial charge in [0, 0.05) is 18.7 Å². The molecule has 4 nitrogen and oxygen atoms in total. The van der Waals surface area contributed by atoms with Crippen LogP contribution in [0.15, 0.2) is 12.3 Å². The smallest absolute Gasteiger partial charge is 0.142 e. The zero-order valence-corrected chi connectivity index (χ0v) is 12.8. The molecule has 1 aromatic rings. The molecule has 0 unspecified atom stereocenters. The lowest BCUT2D eigenvalue weighted by atomic mass is 10.2. The molecule has 0 bridgehead atoms. The second kappa shape index (κ2) is 8.87. The predicted molar refractivity (Wildman–Crippen MR) is 80.4 cm³/mol. The Morgan fingerprint density at radius 3 is 2.40 bits per heavy atom. The molecule has 0 aliphatic carbocycles. The first-order valence-corrected chi connectivity index (χ1v) is 7.38. The van der Waals surface area contributed by atoms with Crippen LogP contribution in [0.3, 0.4) is 0 Å². The molecule has 0 fully saturated rings. The monoisotopic (exact) mass is 283 g/mol. The van der Waals surface area contributed by atoms with Crippen LogP contribution < -0.4 is 4.90 Å². The fourth-order valence-corrected chi connectivity index (χ4v) is 2.31. The highest BCUT2D eigenvalue weighted by Gasteiger charge is 2.12. The molecule has 0 atom stereocenters. The Labute approximate surface area is 121 Å². The van der Waals surface area contributed by atoms with Gasteiger partial charge in [-0.25, -0.2) is 9.37 Å². The number of nitrogens with zero attached hydrogens (tertiary/aromatic N) is 3. The summed E-state index contributed by atoms with van der Waals surface area (Å²) in [4.78, 5) is 8.60. The van der Waals surface area contributed by atoms with Crippen molar-refractivity contribution in [1.82, 2.24) is 9.88 Å². The van der Waals surface area contributed by atoms with Gasteiger partial charge in [-0.05, 0) is 39.0 Å². The Kier molecular flexibility index (Phi) is 7.47. The predicted octanol–water partition coefficient (Wildman–Crippen LogP) is 2.27. The van der Waals surface area contributed by atoms with Gasteiger partial charge >= 0.3 is 0 Å². The number of pyridine rings is 1. The Morgan fingerprint density at radius 1 is 1.15 bits per heavy atom. The molecular weight excluding hydrogens is 257 g/mol. The van der Waals surface area contributed by atoms with Gasteiger partial charge in [0.05, 0.1) is 12.8 Å². The van der Waals surface area contributed by atoms with Crippen LogP contribution in [-0.4, -0.2) is 47.7 Å². The molecule has 0 radical (unpaired) electrons. The quantitative estimate of drug-likeness (QED) is 0.754. The molecule has 1 rings (SSSR count). The van der Waals surface area contributed by atoms with E-state index in [1.165, 1.54) is 12.3 Å². The van der Waals surface area contributed by atoms with E-state index in [0.29, 0.717) is 11.4 Å². The van der Waals surface area contributed by atoms with Crippen LogP contribution in [0.5, 0.6) is 0 Å². The third-order valence-corrected chi connectivity index (χ3v) is 3.56. The van der Waals surface area contributed by atoms with Crippen molar-refractivity contribution < 1.29 is 9.50 Å². The van der Waals surface area contributed by atoms with Gasteiger partial charge < -0.3 is 14.9 Å². The average Bonchev–Trinajstić information content (AvgIpc) is 2.48. The Balaban J connectivity index is 2.66. The summed E-state index contributed by atoms with van der Waals surface area (Å²) in [5.74, 6) is 0.285. The van der Waals surface area contributed by atoms with Crippen LogP contribution in [0.1, 0.15) is 32.8 Å². The van der Waals surface area contributed by atoms with Gasteiger partial charge in [0.2, 0.25) is 0 Å². The molecule has 1 N–H and O–H groups in total. The second-order valence-electron chi connectivity index (χ2n) is 4.75. The van der Waals surface area contributed by atoms with Crippen molar-refractivity contribution in [2.24, 2.45) is 0 Å². The minimum Gasteiger partial charge on any atom is -0.392 e. The summed E-state index contributed by atoms with van der Waals surface area (Å²) in [6.07, 6.45) is 2.24. The van der Waals surface area contributed by atoms with E-state index in [4.69, 9.17) is 0 Å². The summed E-state index contributed by atoms with van der Waals surface area (Å²) in [6, 6.07) is 1.36. The molecule has 0 saturated heterocycles. The molecule has 114 valence electrons. The van der Waals surface area contributed by atoms with Crippen molar-refractivity contribution in [3.63, 3.8) is 0 Å². The van der Waals surface area contributed by atoms with Crippen molar-refractivity contribution in [2.75, 3.05) is 37.6 Å². The first-order valence-electron chi connectivity index (χ1n) is 7.38. The molecule has 0 aromatic carbocycles. The highest BCUT2D eigenvalue weighted by Crippen LogP contribution is 2.18. The maximum Gasteiger partial charge on any atom is 0.142 e. The van der Waals surface area contributed by atoms with Gasteiger partial charge in [0.15, 0.2) is 0 Å². The number of aliphatic hydroxyl groups excluding tert-OH is 1. The first-order chi connectivity index (χ1) is 9.65. The third-order valence-electron chi connectivity index (χ3n) is 3.56. The van der Waals surface area contributed by atoms with Crippen LogP contribution in [-0.2, 0) is 6.61 Å². The molecule has 1 aromatic heterocycles. The summed E-state index contributed by atoms with van der Waals surface area (Å²) in [5, 5.41) is 9.34. The van der Waals surface area contributed by atoms with E-state index in [1.807, 2.05) is 6.92 Å². The topological polar surface area (TPSA) is 39.6 Å². The summed E-state index contributed by atoms with van der Waals surface area (Å²) in [5.41, 5.74) is 0.551. The molecule has 20 heavy (non-hydrogen) atoms. The maximum atomic E-state index is 13.2. The van der Waals surface area contributed by atoms with Crippen molar-refractivity contribution in [1.29, 1.82) is 0 Å². The molecule has 0 amide bonds. The SMILES string of the molecule is CCN(CC)CCCN(CC)c1ncc(F)cc1CO. The van der Waals surface area contributed by atoms with E-state index in [1.54, 1.807) is 0 Å². The summed E-state index contributed by atoms with van der Waals surface area (Å²) < 4.78 is 13.2. The molecule has 0 saturated carbocycles. The van der Waals surface area contributed by atoms with Crippen LogP contribution in [0, 0.1) is 5.82 Å². The molecule has 1 heterocycles. The number of hydrogen-bond donors (Lipinski definition) is 1. The lowest BCUT2D eigenvalue weighted by Crippen LogP contribution is -2.31. The summed E-state index contributed by atoms with van der Waals surface area (Å²) in [6.45, 7) is 11.0. The Bertz CT molecular complexity index is 397. The fourth-order valence-electron chi connectivity index (χ4n) is 2.31. The lowest BCUT2D eigenvalue weighted by Gasteiger charge is -2.25. The number of halogens is 1. The zero-order chi connectivity index (χ0) is 15.0. The van der Waals surface area contributed by atoms with Crippen LogP contribution in [0.4, 0.5) is 10.2 Å². The highest BCUT2D eigenvalue weighted by molar-refractivity contribution is 5.46. The maximum absolute atomic E-state index is 13.2.